The molecule has 1 aliphatic carbocycles. The normalized spacial score (nSPS) is 30.0. The van der Waals surface area contributed by atoms with E-state index < -0.39 is 0 Å². The minimum absolute atomic E-state index is 0.0566. The van der Waals surface area contributed by atoms with Crippen LogP contribution in [0.5, 0.6) is 0 Å². The lowest BCUT2D eigenvalue weighted by molar-refractivity contribution is 0.0965. The van der Waals surface area contributed by atoms with Crippen molar-refractivity contribution in [2.45, 2.75) is 65.4 Å². The van der Waals surface area contributed by atoms with Gasteiger partial charge in [0.15, 0.2) is 0 Å². The minimum atomic E-state index is -0.0566. The molecule has 1 rings (SSSR count). The summed E-state index contributed by atoms with van der Waals surface area (Å²) in [5.74, 6) is 0.777. The molecule has 0 aromatic carbocycles. The van der Waals surface area contributed by atoms with Crippen molar-refractivity contribution in [1.82, 2.24) is 0 Å². The van der Waals surface area contributed by atoms with E-state index in [1.165, 1.54) is 25.7 Å². The van der Waals surface area contributed by atoms with E-state index in [1.807, 2.05) is 0 Å². The number of aliphatic hydroxyl groups excluding tert-OH is 1. The van der Waals surface area contributed by atoms with E-state index >= 15 is 0 Å². The zero-order chi connectivity index (χ0) is 9.90. The van der Waals surface area contributed by atoms with Gasteiger partial charge in [-0.05, 0) is 37.0 Å². The second-order valence-electron chi connectivity index (χ2n) is 5.42. The van der Waals surface area contributed by atoms with Gasteiger partial charge in [-0.2, -0.15) is 0 Å². The molecule has 13 heavy (non-hydrogen) atoms. The number of hydrogen-bond donors (Lipinski definition) is 1. The van der Waals surface area contributed by atoms with Crippen molar-refractivity contribution in [1.29, 1.82) is 0 Å². The monoisotopic (exact) mass is 184 g/mol. The Morgan fingerprint density at radius 1 is 1.46 bits per heavy atom. The highest BCUT2D eigenvalue weighted by Gasteiger charge is 2.28. The van der Waals surface area contributed by atoms with Gasteiger partial charge in [-0.3, -0.25) is 0 Å². The first kappa shape index (κ1) is 11.0. The van der Waals surface area contributed by atoms with Crippen molar-refractivity contribution in [3.05, 3.63) is 0 Å². The Hall–Kier alpha value is -0.0400. The Balaban J connectivity index is 2.34. The molecule has 2 atom stereocenters. The van der Waals surface area contributed by atoms with Gasteiger partial charge >= 0.3 is 0 Å². The van der Waals surface area contributed by atoms with Gasteiger partial charge in [-0.15, -0.1) is 0 Å². The largest absolute Gasteiger partial charge is 0.393 e. The van der Waals surface area contributed by atoms with Gasteiger partial charge in [0, 0.05) is 0 Å². The maximum atomic E-state index is 9.58. The van der Waals surface area contributed by atoms with E-state index in [0.29, 0.717) is 5.41 Å². The van der Waals surface area contributed by atoms with Crippen LogP contribution in [0.1, 0.15) is 59.3 Å². The SMILES string of the molecule is CCC(O)CC1CCCC(C)(C)C1. The molecule has 0 radical (unpaired) electrons. The minimum Gasteiger partial charge on any atom is -0.393 e. The molecule has 1 N–H and O–H groups in total. The van der Waals surface area contributed by atoms with Crippen molar-refractivity contribution in [2.24, 2.45) is 11.3 Å². The molecule has 1 nitrogen and oxygen atoms in total. The maximum Gasteiger partial charge on any atom is 0.0540 e. The lowest BCUT2D eigenvalue weighted by atomic mass is 9.71. The zero-order valence-electron chi connectivity index (χ0n) is 9.34. The molecule has 1 aliphatic rings. The summed E-state index contributed by atoms with van der Waals surface area (Å²) in [5, 5.41) is 9.58. The summed E-state index contributed by atoms with van der Waals surface area (Å²) in [6.45, 7) is 6.79. The van der Waals surface area contributed by atoms with Crippen LogP contribution in [-0.2, 0) is 0 Å². The summed E-state index contributed by atoms with van der Waals surface area (Å²) in [5.41, 5.74) is 0.524. The van der Waals surface area contributed by atoms with E-state index in [9.17, 15) is 5.11 Å². The van der Waals surface area contributed by atoms with Crippen molar-refractivity contribution >= 4 is 0 Å². The average molecular weight is 184 g/mol. The van der Waals surface area contributed by atoms with Crippen LogP contribution < -0.4 is 0 Å². The predicted molar refractivity (Wildman–Crippen MR) is 56.7 cm³/mol. The first-order valence-electron chi connectivity index (χ1n) is 5.71. The van der Waals surface area contributed by atoms with Gasteiger partial charge in [-0.1, -0.05) is 33.6 Å². The van der Waals surface area contributed by atoms with Gasteiger partial charge < -0.3 is 5.11 Å². The highest BCUT2D eigenvalue weighted by Crippen LogP contribution is 2.40. The van der Waals surface area contributed by atoms with Gasteiger partial charge in [-0.25, -0.2) is 0 Å². The summed E-state index contributed by atoms with van der Waals surface area (Å²) in [4.78, 5) is 0. The predicted octanol–water partition coefficient (Wildman–Crippen LogP) is 3.36. The summed E-state index contributed by atoms with van der Waals surface area (Å²) >= 11 is 0. The third-order valence-electron chi connectivity index (χ3n) is 3.38. The molecule has 0 heterocycles. The molecule has 0 amide bonds. The van der Waals surface area contributed by atoms with E-state index in [2.05, 4.69) is 20.8 Å². The van der Waals surface area contributed by atoms with Crippen LogP contribution in [0.15, 0.2) is 0 Å². The molecule has 1 saturated carbocycles. The molecule has 0 saturated heterocycles. The molecular weight excluding hydrogens is 160 g/mol. The van der Waals surface area contributed by atoms with Gasteiger partial charge in [0.2, 0.25) is 0 Å². The first-order valence-corrected chi connectivity index (χ1v) is 5.71. The lowest BCUT2D eigenvalue weighted by Gasteiger charge is -2.36. The van der Waals surface area contributed by atoms with E-state index in [0.717, 1.165) is 18.8 Å². The highest BCUT2D eigenvalue weighted by molar-refractivity contribution is 4.80. The second kappa shape index (κ2) is 4.45. The van der Waals surface area contributed by atoms with Crippen molar-refractivity contribution in [3.8, 4) is 0 Å². The zero-order valence-corrected chi connectivity index (χ0v) is 9.34. The van der Waals surface area contributed by atoms with E-state index in [-0.39, 0.29) is 6.10 Å². The fourth-order valence-electron chi connectivity index (χ4n) is 2.61. The van der Waals surface area contributed by atoms with Gasteiger partial charge in [0.05, 0.1) is 6.10 Å². The van der Waals surface area contributed by atoms with E-state index in [1.54, 1.807) is 0 Å². The average Bonchev–Trinajstić information content (AvgIpc) is 2.02. The van der Waals surface area contributed by atoms with Crippen LogP contribution in [0.3, 0.4) is 0 Å². The van der Waals surface area contributed by atoms with Crippen molar-refractivity contribution in [3.63, 3.8) is 0 Å². The van der Waals surface area contributed by atoms with Crippen LogP contribution in [-0.4, -0.2) is 11.2 Å². The molecular formula is C12H24O. The molecule has 1 fully saturated rings. The van der Waals surface area contributed by atoms with E-state index in [4.69, 9.17) is 0 Å². The lowest BCUT2D eigenvalue weighted by Crippen LogP contribution is -2.25. The van der Waals surface area contributed by atoms with Crippen LogP contribution in [0.25, 0.3) is 0 Å². The van der Waals surface area contributed by atoms with Crippen molar-refractivity contribution in [2.75, 3.05) is 0 Å². The van der Waals surface area contributed by atoms with Crippen LogP contribution in [0.2, 0.25) is 0 Å². The summed E-state index contributed by atoms with van der Waals surface area (Å²) in [6.07, 6.45) is 7.25. The third kappa shape index (κ3) is 3.68. The fraction of sp³-hybridized carbons (Fsp3) is 1.00. The first-order chi connectivity index (χ1) is 6.03. The number of hydrogen-bond acceptors (Lipinski definition) is 1. The smallest absolute Gasteiger partial charge is 0.0540 e. The summed E-state index contributed by atoms with van der Waals surface area (Å²) in [6, 6.07) is 0. The molecule has 0 aromatic heterocycles. The maximum absolute atomic E-state index is 9.58. The molecule has 0 aromatic rings. The molecule has 2 unspecified atom stereocenters. The van der Waals surface area contributed by atoms with Crippen LogP contribution in [0.4, 0.5) is 0 Å². The Morgan fingerprint density at radius 3 is 2.69 bits per heavy atom. The fourth-order valence-corrected chi connectivity index (χ4v) is 2.61. The molecule has 1 heteroatoms. The Morgan fingerprint density at radius 2 is 2.15 bits per heavy atom. The Bertz CT molecular complexity index is 151. The highest BCUT2D eigenvalue weighted by atomic mass is 16.3. The number of rotatable bonds is 3. The number of aliphatic hydroxyl groups is 1. The topological polar surface area (TPSA) is 20.2 Å². The van der Waals surface area contributed by atoms with Crippen LogP contribution >= 0.6 is 0 Å². The quantitative estimate of drug-likeness (QED) is 0.713. The standard InChI is InChI=1S/C12H24O/c1-4-11(13)8-10-6-5-7-12(2,3)9-10/h10-11,13H,4-9H2,1-3H3. The summed E-state index contributed by atoms with van der Waals surface area (Å²) in [7, 11) is 0. The van der Waals surface area contributed by atoms with Crippen LogP contribution in [0, 0.1) is 11.3 Å². The molecule has 0 spiro atoms. The van der Waals surface area contributed by atoms with Crippen molar-refractivity contribution < 1.29 is 5.11 Å². The second-order valence-corrected chi connectivity index (χ2v) is 5.42. The van der Waals surface area contributed by atoms with Gasteiger partial charge in [0.1, 0.15) is 0 Å². The molecule has 0 bridgehead atoms. The summed E-state index contributed by atoms with van der Waals surface area (Å²) < 4.78 is 0. The van der Waals surface area contributed by atoms with Gasteiger partial charge in [0.25, 0.3) is 0 Å². The Labute approximate surface area is 82.5 Å². The Kier molecular flexibility index (Phi) is 3.78. The molecule has 0 aliphatic heterocycles. The third-order valence-corrected chi connectivity index (χ3v) is 3.38. The molecule has 78 valence electrons.